The molecule has 0 saturated heterocycles. The van der Waals surface area contributed by atoms with Gasteiger partial charge in [0.05, 0.1) is 7.11 Å². The van der Waals surface area contributed by atoms with Gasteiger partial charge in [0.1, 0.15) is 5.56 Å². The first-order valence-corrected chi connectivity index (χ1v) is 6.55. The Hall–Kier alpha value is -1.50. The van der Waals surface area contributed by atoms with Crippen LogP contribution in [0.15, 0.2) is 11.4 Å². The molecule has 98 valence electrons. The van der Waals surface area contributed by atoms with Crippen LogP contribution in [-0.2, 0) is 14.1 Å². The van der Waals surface area contributed by atoms with Crippen LogP contribution in [0.4, 0.5) is 0 Å². The van der Waals surface area contributed by atoms with E-state index in [1.807, 2.05) is 24.9 Å². The fourth-order valence-electron chi connectivity index (χ4n) is 1.64. The van der Waals surface area contributed by atoms with E-state index in [1.54, 1.807) is 23.6 Å². The number of hydrogen-bond acceptors (Lipinski definition) is 5. The van der Waals surface area contributed by atoms with Gasteiger partial charge in [-0.2, -0.15) is 0 Å². The molecule has 0 N–H and O–H groups in total. The van der Waals surface area contributed by atoms with Crippen LogP contribution in [0.3, 0.4) is 0 Å². The first kappa shape index (κ1) is 12.9. The average Bonchev–Trinajstić information content (AvgIpc) is 2.83. The number of ether oxygens (including phenoxy) is 1. The van der Waals surface area contributed by atoms with Crippen molar-refractivity contribution < 1.29 is 4.74 Å². The third-order valence-corrected chi connectivity index (χ3v) is 3.44. The standard InChI is InChI=1S/C11H17N5OS/c1-7(2)18-11-13-12-9(16(11)4)8-6-15(3)14-10(8)17-5/h6-7H,1-5H3. The van der Waals surface area contributed by atoms with E-state index in [0.717, 1.165) is 16.5 Å². The highest BCUT2D eigenvalue weighted by Crippen LogP contribution is 2.29. The van der Waals surface area contributed by atoms with Crippen molar-refractivity contribution in [1.29, 1.82) is 0 Å². The molecule has 0 spiro atoms. The molecule has 0 atom stereocenters. The highest BCUT2D eigenvalue weighted by molar-refractivity contribution is 7.99. The van der Waals surface area contributed by atoms with E-state index in [2.05, 4.69) is 29.1 Å². The van der Waals surface area contributed by atoms with Crippen molar-refractivity contribution in [2.75, 3.05) is 7.11 Å². The van der Waals surface area contributed by atoms with E-state index >= 15 is 0 Å². The maximum atomic E-state index is 5.25. The van der Waals surface area contributed by atoms with Crippen LogP contribution < -0.4 is 4.74 Å². The van der Waals surface area contributed by atoms with E-state index < -0.39 is 0 Å². The summed E-state index contributed by atoms with van der Waals surface area (Å²) in [6.45, 7) is 4.26. The Kier molecular flexibility index (Phi) is 3.60. The van der Waals surface area contributed by atoms with Crippen LogP contribution in [0.25, 0.3) is 11.4 Å². The third-order valence-electron chi connectivity index (χ3n) is 2.41. The number of aryl methyl sites for hydroxylation is 1. The predicted octanol–water partition coefficient (Wildman–Crippen LogP) is 1.72. The van der Waals surface area contributed by atoms with Crippen LogP contribution in [0.1, 0.15) is 13.8 Å². The SMILES string of the molecule is COc1nn(C)cc1-c1nnc(SC(C)C)n1C. The average molecular weight is 267 g/mol. The van der Waals surface area contributed by atoms with Gasteiger partial charge in [0.2, 0.25) is 5.88 Å². The van der Waals surface area contributed by atoms with Crippen LogP contribution in [0, 0.1) is 0 Å². The first-order valence-electron chi connectivity index (χ1n) is 5.67. The molecule has 0 saturated carbocycles. The second kappa shape index (κ2) is 5.01. The van der Waals surface area contributed by atoms with Gasteiger partial charge in [0.15, 0.2) is 11.0 Å². The van der Waals surface area contributed by atoms with Gasteiger partial charge in [-0.15, -0.1) is 15.3 Å². The molecule has 18 heavy (non-hydrogen) atoms. The topological polar surface area (TPSA) is 57.8 Å². The minimum Gasteiger partial charge on any atom is -0.479 e. The van der Waals surface area contributed by atoms with E-state index in [1.165, 1.54) is 0 Å². The summed E-state index contributed by atoms with van der Waals surface area (Å²) in [5, 5.41) is 14.0. The van der Waals surface area contributed by atoms with Crippen molar-refractivity contribution in [2.24, 2.45) is 14.1 Å². The Bertz CT molecular complexity index is 546. The molecule has 0 fully saturated rings. The molecular weight excluding hydrogens is 250 g/mol. The molecular formula is C11H17N5OS. The van der Waals surface area contributed by atoms with Gasteiger partial charge in [0, 0.05) is 25.5 Å². The molecule has 0 unspecified atom stereocenters. The quantitative estimate of drug-likeness (QED) is 0.790. The highest BCUT2D eigenvalue weighted by Gasteiger charge is 2.18. The monoisotopic (exact) mass is 267 g/mol. The highest BCUT2D eigenvalue weighted by atomic mass is 32.2. The maximum absolute atomic E-state index is 5.25. The molecule has 2 aromatic rings. The molecule has 2 aromatic heterocycles. The summed E-state index contributed by atoms with van der Waals surface area (Å²) in [5.74, 6) is 1.33. The Labute approximate surface area is 110 Å². The molecule has 0 aliphatic rings. The zero-order valence-electron chi connectivity index (χ0n) is 11.2. The summed E-state index contributed by atoms with van der Waals surface area (Å²) in [7, 11) is 5.41. The van der Waals surface area contributed by atoms with E-state index in [-0.39, 0.29) is 0 Å². The van der Waals surface area contributed by atoms with E-state index in [9.17, 15) is 0 Å². The van der Waals surface area contributed by atoms with Crippen LogP contribution in [-0.4, -0.2) is 36.9 Å². The summed E-state index contributed by atoms with van der Waals surface area (Å²) < 4.78 is 8.92. The number of aromatic nitrogens is 5. The van der Waals surface area contributed by atoms with Gasteiger partial charge in [-0.1, -0.05) is 25.6 Å². The zero-order valence-corrected chi connectivity index (χ0v) is 12.0. The normalized spacial score (nSPS) is 11.2. The molecule has 0 aliphatic heterocycles. The van der Waals surface area contributed by atoms with Gasteiger partial charge in [-0.3, -0.25) is 4.68 Å². The van der Waals surface area contributed by atoms with Gasteiger partial charge in [-0.25, -0.2) is 0 Å². The minimum atomic E-state index is 0.469. The molecule has 2 heterocycles. The molecule has 0 aliphatic carbocycles. The molecule has 7 heteroatoms. The van der Waals surface area contributed by atoms with Crippen molar-refractivity contribution in [1.82, 2.24) is 24.5 Å². The Balaban J connectivity index is 2.42. The summed E-state index contributed by atoms with van der Waals surface area (Å²) in [6, 6.07) is 0. The van der Waals surface area contributed by atoms with Gasteiger partial charge in [0.25, 0.3) is 0 Å². The second-order valence-corrected chi connectivity index (χ2v) is 5.80. The van der Waals surface area contributed by atoms with Crippen LogP contribution >= 0.6 is 11.8 Å². The Morgan fingerprint density at radius 3 is 2.61 bits per heavy atom. The first-order chi connectivity index (χ1) is 8.52. The van der Waals surface area contributed by atoms with Crippen molar-refractivity contribution in [2.45, 2.75) is 24.3 Å². The summed E-state index contributed by atoms with van der Waals surface area (Å²) in [4.78, 5) is 0. The van der Waals surface area contributed by atoms with Crippen molar-refractivity contribution in [3.05, 3.63) is 6.20 Å². The fraction of sp³-hybridized carbons (Fsp3) is 0.545. The number of nitrogens with zero attached hydrogens (tertiary/aromatic N) is 5. The van der Waals surface area contributed by atoms with Gasteiger partial charge < -0.3 is 9.30 Å². The van der Waals surface area contributed by atoms with E-state index in [4.69, 9.17) is 4.74 Å². The minimum absolute atomic E-state index is 0.469. The number of thioether (sulfide) groups is 1. The molecule has 0 amide bonds. The van der Waals surface area contributed by atoms with Crippen LogP contribution in [0.2, 0.25) is 0 Å². The van der Waals surface area contributed by atoms with Crippen molar-refractivity contribution in [3.63, 3.8) is 0 Å². The summed E-state index contributed by atoms with van der Waals surface area (Å²) >= 11 is 1.68. The molecule has 0 radical (unpaired) electrons. The Morgan fingerprint density at radius 1 is 1.28 bits per heavy atom. The smallest absolute Gasteiger partial charge is 0.243 e. The Morgan fingerprint density at radius 2 is 2.00 bits per heavy atom. The summed E-state index contributed by atoms with van der Waals surface area (Å²) in [6.07, 6.45) is 1.88. The third kappa shape index (κ3) is 2.35. The number of rotatable bonds is 4. The molecule has 6 nitrogen and oxygen atoms in total. The van der Waals surface area contributed by atoms with Crippen molar-refractivity contribution >= 4 is 11.8 Å². The lowest BCUT2D eigenvalue weighted by molar-refractivity contribution is 0.393. The fourth-order valence-corrected chi connectivity index (χ4v) is 2.39. The lowest BCUT2D eigenvalue weighted by atomic mass is 10.3. The van der Waals surface area contributed by atoms with Crippen LogP contribution in [0.5, 0.6) is 5.88 Å². The predicted molar refractivity (Wildman–Crippen MR) is 70.8 cm³/mol. The number of hydrogen-bond donors (Lipinski definition) is 0. The van der Waals surface area contributed by atoms with E-state index in [0.29, 0.717) is 11.1 Å². The number of methoxy groups -OCH3 is 1. The van der Waals surface area contributed by atoms with Crippen molar-refractivity contribution in [3.8, 4) is 17.3 Å². The van der Waals surface area contributed by atoms with Gasteiger partial charge >= 0.3 is 0 Å². The lowest BCUT2D eigenvalue weighted by Gasteiger charge is -2.05. The molecule has 2 rings (SSSR count). The molecule has 0 bridgehead atoms. The largest absolute Gasteiger partial charge is 0.479 e. The summed E-state index contributed by atoms with van der Waals surface area (Å²) in [5.41, 5.74) is 0.852. The lowest BCUT2D eigenvalue weighted by Crippen LogP contribution is -1.97. The molecule has 0 aromatic carbocycles. The maximum Gasteiger partial charge on any atom is 0.243 e. The second-order valence-electron chi connectivity index (χ2n) is 4.26. The van der Waals surface area contributed by atoms with Gasteiger partial charge in [-0.05, 0) is 0 Å². The zero-order chi connectivity index (χ0) is 13.3.